The van der Waals surface area contributed by atoms with E-state index in [0.717, 1.165) is 22.0 Å². The summed E-state index contributed by atoms with van der Waals surface area (Å²) in [5.41, 5.74) is 3.35. The molecular weight excluding hydrogens is 214 g/mol. The van der Waals surface area contributed by atoms with Gasteiger partial charge in [0.1, 0.15) is 5.69 Å². The van der Waals surface area contributed by atoms with E-state index in [-0.39, 0.29) is 5.97 Å². The molecule has 0 bridgehead atoms. The lowest BCUT2D eigenvalue weighted by molar-refractivity contribution is 0.0520. The highest BCUT2D eigenvalue weighted by Gasteiger charge is 2.16. The highest BCUT2D eigenvalue weighted by molar-refractivity contribution is 6.02. The molecule has 0 aliphatic rings. The van der Waals surface area contributed by atoms with Crippen LogP contribution in [0, 0.1) is 6.92 Å². The van der Waals surface area contributed by atoms with Crippen molar-refractivity contribution in [1.29, 1.82) is 0 Å². The molecule has 0 saturated heterocycles. The first kappa shape index (κ1) is 11.5. The van der Waals surface area contributed by atoms with Crippen molar-refractivity contribution in [3.05, 3.63) is 41.6 Å². The maximum absolute atomic E-state index is 11.8. The lowest BCUT2D eigenvalue weighted by Crippen LogP contribution is -2.06. The number of nitrogens with one attached hydrogen (secondary N) is 1. The van der Waals surface area contributed by atoms with Crippen LogP contribution in [0.4, 0.5) is 0 Å². The Kier molecular flexibility index (Phi) is 3.00. The number of H-pyrrole nitrogens is 1. The van der Waals surface area contributed by atoms with Gasteiger partial charge in [-0.1, -0.05) is 24.3 Å². The van der Waals surface area contributed by atoms with Crippen molar-refractivity contribution in [3.63, 3.8) is 0 Å². The van der Waals surface area contributed by atoms with Crippen LogP contribution in [0.2, 0.25) is 0 Å². The average Bonchev–Trinajstić information content (AvgIpc) is 2.67. The number of benzene rings is 1. The summed E-state index contributed by atoms with van der Waals surface area (Å²) in [5, 5.41) is 1.00. The summed E-state index contributed by atoms with van der Waals surface area (Å²) in [6, 6.07) is 5.99. The van der Waals surface area contributed by atoms with Gasteiger partial charge in [-0.3, -0.25) is 0 Å². The molecule has 88 valence electrons. The fourth-order valence-corrected chi connectivity index (χ4v) is 1.90. The van der Waals surface area contributed by atoms with Gasteiger partial charge < -0.3 is 9.72 Å². The number of aromatic amines is 1. The zero-order chi connectivity index (χ0) is 12.4. The molecule has 0 aliphatic carbocycles. The lowest BCUT2D eigenvalue weighted by atomic mass is 10.1. The Hall–Kier alpha value is -2.03. The Balaban J connectivity index is 2.64. The maximum atomic E-state index is 11.8. The second-order valence-corrected chi connectivity index (χ2v) is 3.89. The van der Waals surface area contributed by atoms with Crippen molar-refractivity contribution in [2.45, 2.75) is 13.8 Å². The summed E-state index contributed by atoms with van der Waals surface area (Å²) in [5.74, 6) is -0.337. The number of fused-ring (bicyclic) bond motifs is 1. The molecule has 0 amide bonds. The molecule has 17 heavy (non-hydrogen) atoms. The quantitative estimate of drug-likeness (QED) is 0.820. The molecule has 0 atom stereocenters. The molecule has 0 aliphatic heterocycles. The van der Waals surface area contributed by atoms with Gasteiger partial charge in [-0.25, -0.2) is 4.79 Å². The minimum absolute atomic E-state index is 0.337. The molecule has 0 spiro atoms. The Morgan fingerprint density at radius 2 is 2.29 bits per heavy atom. The highest BCUT2D eigenvalue weighted by atomic mass is 16.5. The molecule has 1 heterocycles. The molecule has 0 radical (unpaired) electrons. The van der Waals surface area contributed by atoms with Crippen molar-refractivity contribution in [1.82, 2.24) is 4.98 Å². The van der Waals surface area contributed by atoms with Crippen molar-refractivity contribution in [2.75, 3.05) is 6.61 Å². The van der Waals surface area contributed by atoms with Crippen LogP contribution in [-0.2, 0) is 4.74 Å². The lowest BCUT2D eigenvalue weighted by Gasteiger charge is -2.00. The van der Waals surface area contributed by atoms with Gasteiger partial charge in [-0.15, -0.1) is 0 Å². The topological polar surface area (TPSA) is 42.1 Å². The van der Waals surface area contributed by atoms with Crippen LogP contribution in [0.3, 0.4) is 0 Å². The standard InChI is InChI=1S/C14H15NO2/c1-4-10-11-8-9(3)6-7-12(11)15-13(10)14(16)17-5-2/h4,6-8,15H,1,5H2,2-3H3. The molecule has 1 aromatic carbocycles. The number of aromatic nitrogens is 1. The van der Waals surface area contributed by atoms with Gasteiger partial charge in [0.05, 0.1) is 6.61 Å². The molecule has 2 rings (SSSR count). The summed E-state index contributed by atoms with van der Waals surface area (Å²) in [4.78, 5) is 14.9. The Morgan fingerprint density at radius 3 is 2.94 bits per heavy atom. The van der Waals surface area contributed by atoms with Gasteiger partial charge >= 0.3 is 5.97 Å². The summed E-state index contributed by atoms with van der Waals surface area (Å²) in [6.07, 6.45) is 1.69. The molecule has 3 heteroatoms. The first-order chi connectivity index (χ1) is 8.17. The van der Waals surface area contributed by atoms with Crippen LogP contribution in [0.25, 0.3) is 17.0 Å². The van der Waals surface area contributed by atoms with Crippen molar-refractivity contribution >= 4 is 22.9 Å². The predicted octanol–water partition coefficient (Wildman–Crippen LogP) is 3.30. The largest absolute Gasteiger partial charge is 0.461 e. The zero-order valence-corrected chi connectivity index (χ0v) is 10.0. The first-order valence-corrected chi connectivity index (χ1v) is 5.59. The van der Waals surface area contributed by atoms with E-state index in [4.69, 9.17) is 4.74 Å². The second kappa shape index (κ2) is 4.45. The zero-order valence-electron chi connectivity index (χ0n) is 10.0. The van der Waals surface area contributed by atoms with E-state index in [1.165, 1.54) is 0 Å². The Morgan fingerprint density at radius 1 is 1.53 bits per heavy atom. The Labute approximate surface area is 100 Å². The molecule has 0 fully saturated rings. The average molecular weight is 229 g/mol. The number of esters is 1. The number of carbonyl (C=O) groups excluding carboxylic acids is 1. The maximum Gasteiger partial charge on any atom is 0.355 e. The number of rotatable bonds is 3. The van der Waals surface area contributed by atoms with Crippen LogP contribution >= 0.6 is 0 Å². The minimum atomic E-state index is -0.337. The van der Waals surface area contributed by atoms with Crippen molar-refractivity contribution < 1.29 is 9.53 Å². The molecular formula is C14H15NO2. The number of hydrogen-bond donors (Lipinski definition) is 1. The van der Waals surface area contributed by atoms with Crippen LogP contribution in [-0.4, -0.2) is 17.6 Å². The van der Waals surface area contributed by atoms with Gasteiger partial charge in [0, 0.05) is 16.5 Å². The van der Waals surface area contributed by atoms with Crippen LogP contribution < -0.4 is 0 Å². The van der Waals surface area contributed by atoms with Gasteiger partial charge in [-0.2, -0.15) is 0 Å². The number of aryl methyl sites for hydroxylation is 1. The molecule has 2 aromatic rings. The van der Waals surface area contributed by atoms with E-state index in [0.29, 0.717) is 12.3 Å². The van der Waals surface area contributed by atoms with E-state index in [1.54, 1.807) is 13.0 Å². The summed E-state index contributed by atoms with van der Waals surface area (Å²) in [6.45, 7) is 7.93. The summed E-state index contributed by atoms with van der Waals surface area (Å²) in [7, 11) is 0. The SMILES string of the molecule is C=Cc1c(C(=O)OCC)[nH]c2ccc(C)cc12. The second-order valence-electron chi connectivity index (χ2n) is 3.89. The fourth-order valence-electron chi connectivity index (χ4n) is 1.90. The third kappa shape index (κ3) is 1.96. The molecule has 0 saturated carbocycles. The van der Waals surface area contributed by atoms with Crippen LogP contribution in [0.5, 0.6) is 0 Å². The first-order valence-electron chi connectivity index (χ1n) is 5.59. The van der Waals surface area contributed by atoms with Gasteiger partial charge in [0.15, 0.2) is 0 Å². The smallest absolute Gasteiger partial charge is 0.355 e. The third-order valence-electron chi connectivity index (χ3n) is 2.68. The van der Waals surface area contributed by atoms with E-state index in [1.807, 2.05) is 25.1 Å². The van der Waals surface area contributed by atoms with Crippen molar-refractivity contribution in [2.24, 2.45) is 0 Å². The highest BCUT2D eigenvalue weighted by Crippen LogP contribution is 2.25. The fraction of sp³-hybridized carbons (Fsp3) is 0.214. The summed E-state index contributed by atoms with van der Waals surface area (Å²) >= 11 is 0. The van der Waals surface area contributed by atoms with Crippen molar-refractivity contribution in [3.8, 4) is 0 Å². The van der Waals surface area contributed by atoms with E-state index in [9.17, 15) is 4.79 Å². The number of ether oxygens (including phenoxy) is 1. The van der Waals surface area contributed by atoms with E-state index in [2.05, 4.69) is 11.6 Å². The van der Waals surface area contributed by atoms with Crippen LogP contribution in [0.1, 0.15) is 28.5 Å². The molecule has 0 unspecified atom stereocenters. The monoisotopic (exact) mass is 229 g/mol. The van der Waals surface area contributed by atoms with E-state index < -0.39 is 0 Å². The van der Waals surface area contributed by atoms with Gasteiger partial charge in [0.25, 0.3) is 0 Å². The number of carbonyl (C=O) groups is 1. The molecule has 1 N–H and O–H groups in total. The van der Waals surface area contributed by atoms with E-state index >= 15 is 0 Å². The number of hydrogen-bond acceptors (Lipinski definition) is 2. The van der Waals surface area contributed by atoms with Gasteiger partial charge in [-0.05, 0) is 26.0 Å². The third-order valence-corrected chi connectivity index (χ3v) is 2.68. The molecule has 3 nitrogen and oxygen atoms in total. The summed E-state index contributed by atoms with van der Waals surface area (Å²) < 4.78 is 5.01. The van der Waals surface area contributed by atoms with Gasteiger partial charge in [0.2, 0.25) is 0 Å². The minimum Gasteiger partial charge on any atom is -0.461 e. The van der Waals surface area contributed by atoms with Crippen LogP contribution in [0.15, 0.2) is 24.8 Å². The Bertz CT molecular complexity index is 581. The predicted molar refractivity (Wildman–Crippen MR) is 69.1 cm³/mol. The molecule has 1 aromatic heterocycles. The normalized spacial score (nSPS) is 10.5.